The van der Waals surface area contributed by atoms with Gasteiger partial charge in [0.1, 0.15) is 34.7 Å². The molecule has 39 heavy (non-hydrogen) atoms. The number of rotatable bonds is 7. The summed E-state index contributed by atoms with van der Waals surface area (Å²) in [6, 6.07) is 8.47. The number of methoxy groups -OCH3 is 1. The monoisotopic (exact) mass is 563 g/mol. The summed E-state index contributed by atoms with van der Waals surface area (Å²) in [5.74, 6) is -0.665. The van der Waals surface area contributed by atoms with Gasteiger partial charge < -0.3 is 20.7 Å². The molecule has 0 spiro atoms. The van der Waals surface area contributed by atoms with E-state index in [0.717, 1.165) is 25.1 Å². The summed E-state index contributed by atoms with van der Waals surface area (Å²) in [5, 5.41) is 6.79. The fraction of sp³-hybridized carbons (Fsp3) is 0.269. The van der Waals surface area contributed by atoms with E-state index in [0.29, 0.717) is 28.2 Å². The zero-order valence-corrected chi connectivity index (χ0v) is 21.6. The first-order valence-electron chi connectivity index (χ1n) is 11.9. The molecule has 0 bridgehead atoms. The van der Waals surface area contributed by atoms with Gasteiger partial charge in [0.2, 0.25) is 0 Å². The maximum atomic E-state index is 14.7. The molecule has 3 N–H and O–H groups in total. The molecule has 1 aromatic carbocycles. The van der Waals surface area contributed by atoms with Crippen LogP contribution in [-0.2, 0) is 0 Å². The number of pyridine rings is 2. The number of nitrogens with zero attached hydrogens (tertiary/aromatic N) is 5. The minimum absolute atomic E-state index is 0. The molecule has 0 aliphatic carbocycles. The molecule has 1 aliphatic rings. The van der Waals surface area contributed by atoms with Crippen molar-refractivity contribution < 1.29 is 22.3 Å². The first-order chi connectivity index (χ1) is 18.3. The van der Waals surface area contributed by atoms with E-state index in [9.17, 15) is 17.6 Å². The van der Waals surface area contributed by atoms with Crippen molar-refractivity contribution >= 4 is 29.7 Å². The van der Waals surface area contributed by atoms with E-state index in [1.807, 2.05) is 0 Å². The Morgan fingerprint density at radius 2 is 1.92 bits per heavy atom. The van der Waals surface area contributed by atoms with E-state index in [1.54, 1.807) is 12.3 Å². The van der Waals surface area contributed by atoms with Crippen LogP contribution in [0, 0.1) is 11.6 Å². The summed E-state index contributed by atoms with van der Waals surface area (Å²) < 4.78 is 61.4. The predicted molar refractivity (Wildman–Crippen MR) is 143 cm³/mol. The van der Waals surface area contributed by atoms with Crippen molar-refractivity contribution in [3.8, 4) is 28.1 Å². The molecule has 5 rings (SSSR count). The summed E-state index contributed by atoms with van der Waals surface area (Å²) in [6.07, 6.45) is 5.93. The summed E-state index contributed by atoms with van der Waals surface area (Å²) in [4.78, 5) is 10.8. The van der Waals surface area contributed by atoms with Crippen LogP contribution in [0.1, 0.15) is 19.4 Å². The molecule has 206 valence electrons. The lowest BCUT2D eigenvalue weighted by atomic mass is 10.0. The Kier molecular flexibility index (Phi) is 8.56. The number of anilines is 3. The first kappa shape index (κ1) is 28.1. The zero-order valence-electron chi connectivity index (χ0n) is 20.8. The van der Waals surface area contributed by atoms with Crippen LogP contribution >= 0.6 is 12.4 Å². The Morgan fingerprint density at radius 3 is 2.64 bits per heavy atom. The van der Waals surface area contributed by atoms with Gasteiger partial charge in [0.05, 0.1) is 18.9 Å². The average molecular weight is 564 g/mol. The number of aromatic nitrogens is 4. The number of ether oxygens (including phenoxy) is 1. The highest BCUT2D eigenvalue weighted by Crippen LogP contribution is 2.36. The maximum Gasteiger partial charge on any atom is 0.333 e. The van der Waals surface area contributed by atoms with Crippen LogP contribution in [-0.4, -0.2) is 46.0 Å². The Morgan fingerprint density at radius 1 is 1.10 bits per heavy atom. The van der Waals surface area contributed by atoms with Gasteiger partial charge in [-0.2, -0.15) is 13.9 Å². The molecule has 13 heteroatoms. The van der Waals surface area contributed by atoms with Crippen LogP contribution in [0.5, 0.6) is 5.75 Å². The second-order valence-electron chi connectivity index (χ2n) is 8.89. The zero-order chi connectivity index (χ0) is 26.8. The molecule has 4 aromatic rings. The number of piperidine rings is 1. The fourth-order valence-electron chi connectivity index (χ4n) is 4.53. The van der Waals surface area contributed by atoms with E-state index in [-0.39, 0.29) is 41.3 Å². The van der Waals surface area contributed by atoms with Gasteiger partial charge in [0, 0.05) is 54.4 Å². The molecule has 1 atom stereocenters. The van der Waals surface area contributed by atoms with E-state index < -0.39 is 18.2 Å². The topological polar surface area (TPSA) is 94.1 Å². The van der Waals surface area contributed by atoms with Crippen molar-refractivity contribution in [3.63, 3.8) is 0 Å². The van der Waals surface area contributed by atoms with Gasteiger partial charge in [-0.1, -0.05) is 6.07 Å². The molecule has 1 saturated heterocycles. The van der Waals surface area contributed by atoms with Crippen molar-refractivity contribution in [1.29, 1.82) is 0 Å². The Labute approximate surface area is 228 Å². The molecule has 3 aromatic heterocycles. The molecular weight excluding hydrogens is 538 g/mol. The standard InChI is InChI=1S/C26H25F4N7O.ClH/c1-38-21-6-2-5-18(27)24(21)25-19(28)7-8-22(35-25)34-23-10-20(36-9-3-4-16(31)14-36)17(12-32-23)15-11-33-37(13-15)26(29)30;/h2,5-8,10-13,16,26H,3-4,9,14,31H2,1H3,(H,32,34,35);1H/t16-;/m0./s1. The highest BCUT2D eigenvalue weighted by atomic mass is 35.5. The van der Waals surface area contributed by atoms with Gasteiger partial charge in [0.15, 0.2) is 0 Å². The van der Waals surface area contributed by atoms with Crippen LogP contribution in [0.25, 0.3) is 22.4 Å². The van der Waals surface area contributed by atoms with E-state index >= 15 is 0 Å². The molecule has 0 unspecified atom stereocenters. The molecule has 0 amide bonds. The SMILES string of the molecule is COc1cccc(F)c1-c1nc(Nc2cc(N3CCC[C@H](N)C3)c(-c3cnn(C(F)F)c3)cn2)ccc1F.Cl. The molecule has 8 nitrogen and oxygen atoms in total. The number of nitrogens with one attached hydrogen (secondary N) is 1. The van der Waals surface area contributed by atoms with Crippen LogP contribution in [0.3, 0.4) is 0 Å². The van der Waals surface area contributed by atoms with Gasteiger partial charge >= 0.3 is 6.55 Å². The Bertz CT molecular complexity index is 1450. The largest absolute Gasteiger partial charge is 0.496 e. The predicted octanol–water partition coefficient (Wildman–Crippen LogP) is 5.78. The van der Waals surface area contributed by atoms with Gasteiger partial charge in [0.25, 0.3) is 0 Å². The second-order valence-corrected chi connectivity index (χ2v) is 8.89. The van der Waals surface area contributed by atoms with E-state index in [4.69, 9.17) is 10.5 Å². The van der Waals surface area contributed by atoms with E-state index in [1.165, 1.54) is 49.8 Å². The molecule has 1 fully saturated rings. The van der Waals surface area contributed by atoms with Crippen molar-refractivity contribution in [1.82, 2.24) is 19.7 Å². The summed E-state index contributed by atoms with van der Waals surface area (Å²) in [5.41, 5.74) is 7.70. The molecule has 0 saturated carbocycles. The highest BCUT2D eigenvalue weighted by molar-refractivity contribution is 5.85. The van der Waals surface area contributed by atoms with Crippen molar-refractivity contribution in [2.45, 2.75) is 25.4 Å². The number of halogens is 5. The smallest absolute Gasteiger partial charge is 0.333 e. The van der Waals surface area contributed by atoms with Crippen LogP contribution in [0.15, 0.2) is 55.0 Å². The summed E-state index contributed by atoms with van der Waals surface area (Å²) >= 11 is 0. The van der Waals surface area contributed by atoms with E-state index in [2.05, 4.69) is 25.3 Å². The quantitative estimate of drug-likeness (QED) is 0.275. The average Bonchev–Trinajstić information content (AvgIpc) is 3.40. The number of benzene rings is 1. The minimum Gasteiger partial charge on any atom is -0.496 e. The van der Waals surface area contributed by atoms with Crippen molar-refractivity contribution in [2.24, 2.45) is 5.73 Å². The minimum atomic E-state index is -2.77. The normalized spacial score (nSPS) is 15.3. The third kappa shape index (κ3) is 5.91. The number of hydrogen-bond donors (Lipinski definition) is 2. The third-order valence-electron chi connectivity index (χ3n) is 6.33. The number of hydrogen-bond acceptors (Lipinski definition) is 7. The fourth-order valence-corrected chi connectivity index (χ4v) is 4.53. The molecule has 1 aliphatic heterocycles. The van der Waals surface area contributed by atoms with Crippen LogP contribution in [0.2, 0.25) is 0 Å². The van der Waals surface area contributed by atoms with Crippen LogP contribution < -0.4 is 20.7 Å². The Hall–Kier alpha value is -3.90. The number of alkyl halides is 2. The summed E-state index contributed by atoms with van der Waals surface area (Å²) in [7, 11) is 1.36. The number of nitrogens with two attached hydrogens (primary N) is 1. The van der Waals surface area contributed by atoms with Gasteiger partial charge in [-0.15, -0.1) is 12.4 Å². The van der Waals surface area contributed by atoms with Crippen LogP contribution in [0.4, 0.5) is 34.9 Å². The summed E-state index contributed by atoms with van der Waals surface area (Å²) in [6.45, 7) is -1.47. The van der Waals surface area contributed by atoms with Gasteiger partial charge in [-0.25, -0.2) is 23.4 Å². The molecule has 4 heterocycles. The third-order valence-corrected chi connectivity index (χ3v) is 6.33. The lowest BCUT2D eigenvalue weighted by Crippen LogP contribution is -2.43. The first-order valence-corrected chi connectivity index (χ1v) is 11.9. The van der Waals surface area contributed by atoms with Crippen molar-refractivity contribution in [2.75, 3.05) is 30.4 Å². The van der Waals surface area contributed by atoms with Crippen molar-refractivity contribution in [3.05, 3.63) is 66.6 Å². The second kappa shape index (κ2) is 11.9. The molecular formula is C26H26ClF4N7O. The lowest BCUT2D eigenvalue weighted by Gasteiger charge is -2.34. The lowest BCUT2D eigenvalue weighted by molar-refractivity contribution is 0.0566. The highest BCUT2D eigenvalue weighted by Gasteiger charge is 2.23. The maximum absolute atomic E-state index is 14.7. The van der Waals surface area contributed by atoms with Gasteiger partial charge in [-0.05, 0) is 37.1 Å². The Balaban J connectivity index is 0.00000353. The van der Waals surface area contributed by atoms with Gasteiger partial charge in [-0.3, -0.25) is 0 Å². The molecule has 0 radical (unpaired) electrons.